The Labute approximate surface area is 151 Å². The molecule has 0 saturated carbocycles. The lowest BCUT2D eigenvalue weighted by atomic mass is 10.3. The normalized spacial score (nSPS) is 14.0. The van der Waals surface area contributed by atoms with E-state index < -0.39 is 0 Å². The van der Waals surface area contributed by atoms with Crippen molar-refractivity contribution >= 4 is 23.6 Å². The molecule has 0 aliphatic carbocycles. The Morgan fingerprint density at radius 3 is 2.46 bits per heavy atom. The number of benzene rings is 1. The first-order valence-corrected chi connectivity index (χ1v) is 8.53. The van der Waals surface area contributed by atoms with E-state index in [4.69, 9.17) is 4.74 Å². The highest BCUT2D eigenvalue weighted by molar-refractivity contribution is 5.92. The van der Waals surface area contributed by atoms with Gasteiger partial charge in [0.05, 0.1) is 6.61 Å². The standard InChI is InChI=1S/C18H21N5O3/c1-2-26-18(25)23-12-10-22(11-13-23)16(24)15-8-9-19-17(21-15)20-14-6-4-3-5-7-14/h3-9H,2,10-13H2,1H3,(H,19,20,21). The molecule has 1 N–H and O–H groups in total. The first-order valence-electron chi connectivity index (χ1n) is 8.53. The molecule has 1 aliphatic rings. The third-order valence-corrected chi connectivity index (χ3v) is 4.00. The van der Waals surface area contributed by atoms with E-state index >= 15 is 0 Å². The van der Waals surface area contributed by atoms with E-state index in [0.717, 1.165) is 5.69 Å². The van der Waals surface area contributed by atoms with Gasteiger partial charge in [0.2, 0.25) is 5.95 Å². The molecule has 8 heteroatoms. The average molecular weight is 355 g/mol. The Bertz CT molecular complexity index is 760. The van der Waals surface area contributed by atoms with E-state index in [0.29, 0.717) is 44.4 Å². The van der Waals surface area contributed by atoms with Crippen molar-refractivity contribution in [2.75, 3.05) is 38.1 Å². The Hall–Kier alpha value is -3.16. The van der Waals surface area contributed by atoms with Crippen molar-refractivity contribution in [3.05, 3.63) is 48.3 Å². The number of hydrogen-bond acceptors (Lipinski definition) is 6. The van der Waals surface area contributed by atoms with Gasteiger partial charge in [-0.15, -0.1) is 0 Å². The van der Waals surface area contributed by atoms with Gasteiger partial charge < -0.3 is 19.9 Å². The van der Waals surface area contributed by atoms with Crippen molar-refractivity contribution < 1.29 is 14.3 Å². The molecule has 26 heavy (non-hydrogen) atoms. The van der Waals surface area contributed by atoms with Gasteiger partial charge in [0.1, 0.15) is 5.69 Å². The van der Waals surface area contributed by atoms with Crippen molar-refractivity contribution in [2.45, 2.75) is 6.92 Å². The quantitative estimate of drug-likeness (QED) is 0.904. The van der Waals surface area contributed by atoms with E-state index in [1.165, 1.54) is 0 Å². The summed E-state index contributed by atoms with van der Waals surface area (Å²) in [6.45, 7) is 3.91. The van der Waals surface area contributed by atoms with Crippen molar-refractivity contribution in [3.8, 4) is 0 Å². The Balaban J connectivity index is 1.62. The summed E-state index contributed by atoms with van der Waals surface area (Å²) in [5.41, 5.74) is 1.17. The lowest BCUT2D eigenvalue weighted by Gasteiger charge is -2.33. The minimum atomic E-state index is -0.337. The topological polar surface area (TPSA) is 87.7 Å². The van der Waals surface area contributed by atoms with Gasteiger partial charge in [0.25, 0.3) is 5.91 Å². The number of aromatic nitrogens is 2. The van der Waals surface area contributed by atoms with Crippen LogP contribution in [0.4, 0.5) is 16.4 Å². The number of hydrogen-bond donors (Lipinski definition) is 1. The van der Waals surface area contributed by atoms with Crippen LogP contribution in [0.3, 0.4) is 0 Å². The van der Waals surface area contributed by atoms with Crippen molar-refractivity contribution in [2.24, 2.45) is 0 Å². The molecule has 1 fully saturated rings. The maximum Gasteiger partial charge on any atom is 0.409 e. The molecule has 0 atom stereocenters. The number of ether oxygens (including phenoxy) is 1. The van der Waals surface area contributed by atoms with Gasteiger partial charge in [0, 0.05) is 38.1 Å². The van der Waals surface area contributed by atoms with Gasteiger partial charge in [-0.25, -0.2) is 14.8 Å². The fraction of sp³-hybridized carbons (Fsp3) is 0.333. The molecular formula is C18H21N5O3. The van der Waals surface area contributed by atoms with E-state index in [-0.39, 0.29) is 12.0 Å². The molecule has 2 amide bonds. The Kier molecular flexibility index (Phi) is 5.62. The molecule has 1 aromatic heterocycles. The van der Waals surface area contributed by atoms with Crippen molar-refractivity contribution in [1.29, 1.82) is 0 Å². The molecule has 0 unspecified atom stereocenters. The minimum absolute atomic E-state index is 0.174. The summed E-state index contributed by atoms with van der Waals surface area (Å²) in [6, 6.07) is 11.1. The first-order chi connectivity index (χ1) is 12.7. The molecule has 3 rings (SSSR count). The monoisotopic (exact) mass is 355 g/mol. The summed E-state index contributed by atoms with van der Waals surface area (Å²) in [5, 5.41) is 3.08. The lowest BCUT2D eigenvalue weighted by Crippen LogP contribution is -2.50. The van der Waals surface area contributed by atoms with Crippen molar-refractivity contribution in [3.63, 3.8) is 0 Å². The number of para-hydroxylation sites is 1. The number of rotatable bonds is 4. The van der Waals surface area contributed by atoms with Gasteiger partial charge in [-0.1, -0.05) is 18.2 Å². The third kappa shape index (κ3) is 4.27. The number of amides is 2. The second-order valence-corrected chi connectivity index (χ2v) is 5.73. The van der Waals surface area contributed by atoms with E-state index in [9.17, 15) is 9.59 Å². The smallest absolute Gasteiger partial charge is 0.409 e. The summed E-state index contributed by atoms with van der Waals surface area (Å²) < 4.78 is 4.99. The summed E-state index contributed by atoms with van der Waals surface area (Å²) in [6.07, 6.45) is 1.22. The first kappa shape index (κ1) is 17.7. The summed E-state index contributed by atoms with van der Waals surface area (Å²) in [4.78, 5) is 36.2. The zero-order valence-electron chi connectivity index (χ0n) is 14.6. The maximum absolute atomic E-state index is 12.7. The second kappa shape index (κ2) is 8.28. The molecule has 0 spiro atoms. The fourth-order valence-electron chi connectivity index (χ4n) is 2.66. The van der Waals surface area contributed by atoms with Crippen LogP contribution in [0.1, 0.15) is 17.4 Å². The highest BCUT2D eigenvalue weighted by Gasteiger charge is 2.26. The highest BCUT2D eigenvalue weighted by atomic mass is 16.6. The van der Waals surface area contributed by atoms with Crippen LogP contribution in [0.15, 0.2) is 42.6 Å². The van der Waals surface area contributed by atoms with Gasteiger partial charge >= 0.3 is 6.09 Å². The lowest BCUT2D eigenvalue weighted by molar-refractivity contribution is 0.0566. The fourth-order valence-corrected chi connectivity index (χ4v) is 2.66. The zero-order valence-corrected chi connectivity index (χ0v) is 14.6. The van der Waals surface area contributed by atoms with E-state index in [1.54, 1.807) is 29.0 Å². The van der Waals surface area contributed by atoms with Crippen LogP contribution in [0, 0.1) is 0 Å². The summed E-state index contributed by atoms with van der Waals surface area (Å²) in [7, 11) is 0. The van der Waals surface area contributed by atoms with Gasteiger partial charge in [-0.2, -0.15) is 0 Å². The van der Waals surface area contributed by atoms with Crippen LogP contribution in [0.2, 0.25) is 0 Å². The van der Waals surface area contributed by atoms with Crippen LogP contribution in [-0.2, 0) is 4.74 Å². The average Bonchev–Trinajstić information content (AvgIpc) is 2.69. The summed E-state index contributed by atoms with van der Waals surface area (Å²) in [5.74, 6) is 0.194. The van der Waals surface area contributed by atoms with Crippen LogP contribution < -0.4 is 5.32 Å². The predicted octanol–water partition coefficient (Wildman–Crippen LogP) is 2.13. The summed E-state index contributed by atoms with van der Waals surface area (Å²) >= 11 is 0. The SMILES string of the molecule is CCOC(=O)N1CCN(C(=O)c2ccnc(Nc3ccccc3)n2)CC1. The molecule has 2 aromatic rings. The Morgan fingerprint density at radius 2 is 1.77 bits per heavy atom. The van der Waals surface area contributed by atoms with E-state index in [1.807, 2.05) is 30.3 Å². The second-order valence-electron chi connectivity index (χ2n) is 5.73. The largest absolute Gasteiger partial charge is 0.450 e. The molecule has 1 saturated heterocycles. The van der Waals surface area contributed by atoms with Gasteiger partial charge in [0.15, 0.2) is 0 Å². The minimum Gasteiger partial charge on any atom is -0.450 e. The van der Waals surface area contributed by atoms with Crippen LogP contribution >= 0.6 is 0 Å². The third-order valence-electron chi connectivity index (χ3n) is 4.00. The molecule has 8 nitrogen and oxygen atoms in total. The number of nitrogens with one attached hydrogen (secondary N) is 1. The molecule has 136 valence electrons. The molecule has 1 aromatic carbocycles. The molecule has 1 aliphatic heterocycles. The highest BCUT2D eigenvalue weighted by Crippen LogP contribution is 2.13. The Morgan fingerprint density at radius 1 is 1.08 bits per heavy atom. The number of anilines is 2. The molecule has 0 bridgehead atoms. The number of carbonyl (C=O) groups is 2. The van der Waals surface area contributed by atoms with Crippen LogP contribution in [0.5, 0.6) is 0 Å². The van der Waals surface area contributed by atoms with Gasteiger partial charge in [-0.05, 0) is 25.1 Å². The maximum atomic E-state index is 12.7. The van der Waals surface area contributed by atoms with Gasteiger partial charge in [-0.3, -0.25) is 4.79 Å². The van der Waals surface area contributed by atoms with Crippen molar-refractivity contribution in [1.82, 2.24) is 19.8 Å². The molecular weight excluding hydrogens is 334 g/mol. The predicted molar refractivity (Wildman–Crippen MR) is 96.3 cm³/mol. The molecule has 2 heterocycles. The zero-order chi connectivity index (χ0) is 18.4. The number of piperazine rings is 1. The molecule has 0 radical (unpaired) electrons. The number of carbonyl (C=O) groups excluding carboxylic acids is 2. The van der Waals surface area contributed by atoms with E-state index in [2.05, 4.69) is 15.3 Å². The number of nitrogens with zero attached hydrogens (tertiary/aromatic N) is 4. The van der Waals surface area contributed by atoms with Crippen LogP contribution in [-0.4, -0.2) is 64.6 Å². The van der Waals surface area contributed by atoms with Crippen LogP contribution in [0.25, 0.3) is 0 Å².